The molecule has 1 saturated carbocycles. The lowest BCUT2D eigenvalue weighted by molar-refractivity contribution is -0.0583. The van der Waals surface area contributed by atoms with E-state index < -0.39 is 0 Å². The summed E-state index contributed by atoms with van der Waals surface area (Å²) in [5, 5.41) is 8.87. The van der Waals surface area contributed by atoms with Crippen LogP contribution in [0.1, 0.15) is 24.8 Å². The molecular formula is C16H20N2O2. The molecule has 4 nitrogen and oxygen atoms in total. The van der Waals surface area contributed by atoms with Crippen LogP contribution in [-0.4, -0.2) is 43.3 Å². The number of hydrogen-bond donors (Lipinski definition) is 0. The lowest BCUT2D eigenvalue weighted by atomic mass is 10.1. The van der Waals surface area contributed by atoms with Gasteiger partial charge >= 0.3 is 0 Å². The van der Waals surface area contributed by atoms with Crippen molar-refractivity contribution in [1.82, 2.24) is 4.90 Å². The number of fused-ring (bicyclic) bond motifs is 1. The molecule has 0 amide bonds. The molecule has 106 valence electrons. The van der Waals surface area contributed by atoms with Crippen molar-refractivity contribution in [3.8, 4) is 11.8 Å². The van der Waals surface area contributed by atoms with E-state index in [9.17, 15) is 0 Å². The van der Waals surface area contributed by atoms with E-state index in [2.05, 4.69) is 11.0 Å². The highest BCUT2D eigenvalue weighted by Crippen LogP contribution is 2.29. The molecule has 0 bridgehead atoms. The van der Waals surface area contributed by atoms with Crippen LogP contribution in [0.15, 0.2) is 24.3 Å². The zero-order valence-corrected chi connectivity index (χ0v) is 11.6. The molecule has 1 heterocycles. The van der Waals surface area contributed by atoms with Crippen LogP contribution in [0.4, 0.5) is 0 Å². The molecule has 2 unspecified atom stereocenters. The van der Waals surface area contributed by atoms with Crippen molar-refractivity contribution < 1.29 is 9.47 Å². The molecule has 0 aromatic heterocycles. The fourth-order valence-electron chi connectivity index (χ4n) is 3.22. The topological polar surface area (TPSA) is 45.5 Å². The Kier molecular flexibility index (Phi) is 4.19. The second-order valence-electron chi connectivity index (χ2n) is 5.43. The summed E-state index contributed by atoms with van der Waals surface area (Å²) in [6.45, 7) is 3.44. The van der Waals surface area contributed by atoms with Gasteiger partial charge in [-0.2, -0.15) is 5.26 Å². The van der Waals surface area contributed by atoms with Crippen LogP contribution in [0.3, 0.4) is 0 Å². The van der Waals surface area contributed by atoms with Crippen molar-refractivity contribution in [2.45, 2.75) is 31.4 Å². The minimum Gasteiger partial charge on any atom is -0.492 e. The Balaban J connectivity index is 1.50. The Morgan fingerprint density at radius 2 is 2.35 bits per heavy atom. The van der Waals surface area contributed by atoms with Crippen molar-refractivity contribution in [2.75, 3.05) is 26.3 Å². The van der Waals surface area contributed by atoms with E-state index in [-0.39, 0.29) is 0 Å². The van der Waals surface area contributed by atoms with Gasteiger partial charge in [-0.25, -0.2) is 0 Å². The highest BCUT2D eigenvalue weighted by molar-refractivity contribution is 5.36. The van der Waals surface area contributed by atoms with E-state index in [4.69, 9.17) is 14.7 Å². The molecule has 2 fully saturated rings. The van der Waals surface area contributed by atoms with Crippen molar-refractivity contribution in [2.24, 2.45) is 0 Å². The maximum absolute atomic E-state index is 8.87. The second kappa shape index (κ2) is 6.25. The van der Waals surface area contributed by atoms with Gasteiger partial charge < -0.3 is 9.47 Å². The molecule has 1 saturated heterocycles. The third-order valence-electron chi connectivity index (χ3n) is 4.21. The first-order chi connectivity index (χ1) is 9.86. The molecule has 0 N–H and O–H groups in total. The van der Waals surface area contributed by atoms with Crippen molar-refractivity contribution in [3.63, 3.8) is 0 Å². The lowest BCUT2D eigenvalue weighted by Crippen LogP contribution is -2.49. The van der Waals surface area contributed by atoms with Crippen LogP contribution in [0, 0.1) is 11.3 Å². The standard InChI is InChI=1S/C16H20N2O2/c17-12-13-3-1-4-14(11-13)19-9-7-18-8-10-20-16-6-2-5-15(16)18/h1,3-4,11,15-16H,2,5-10H2. The van der Waals surface area contributed by atoms with Crippen LogP contribution < -0.4 is 4.74 Å². The van der Waals surface area contributed by atoms with Gasteiger partial charge in [0.1, 0.15) is 12.4 Å². The van der Waals surface area contributed by atoms with Crippen LogP contribution in [0.2, 0.25) is 0 Å². The zero-order chi connectivity index (χ0) is 13.8. The maximum atomic E-state index is 8.87. The zero-order valence-electron chi connectivity index (χ0n) is 11.6. The molecule has 1 aromatic carbocycles. The summed E-state index contributed by atoms with van der Waals surface area (Å²) in [5.74, 6) is 0.778. The second-order valence-corrected chi connectivity index (χ2v) is 5.43. The molecule has 1 aromatic rings. The van der Waals surface area contributed by atoms with Gasteiger partial charge in [-0.15, -0.1) is 0 Å². The average molecular weight is 272 g/mol. The molecule has 3 rings (SSSR count). The molecule has 1 aliphatic heterocycles. The highest BCUT2D eigenvalue weighted by Gasteiger charge is 2.35. The van der Waals surface area contributed by atoms with E-state index in [1.807, 2.05) is 12.1 Å². The first-order valence-corrected chi connectivity index (χ1v) is 7.35. The molecule has 4 heteroatoms. The quantitative estimate of drug-likeness (QED) is 0.843. The summed E-state index contributed by atoms with van der Waals surface area (Å²) in [7, 11) is 0. The number of nitrogens with zero attached hydrogens (tertiary/aromatic N) is 2. The Hall–Kier alpha value is -1.57. The Morgan fingerprint density at radius 1 is 1.40 bits per heavy atom. The Bertz CT molecular complexity index is 497. The lowest BCUT2D eigenvalue weighted by Gasteiger charge is -2.37. The Morgan fingerprint density at radius 3 is 3.25 bits per heavy atom. The van der Waals surface area contributed by atoms with Gasteiger partial charge in [0.2, 0.25) is 0 Å². The fraction of sp³-hybridized carbons (Fsp3) is 0.562. The van der Waals surface area contributed by atoms with Gasteiger partial charge in [-0.05, 0) is 37.5 Å². The summed E-state index contributed by atoms with van der Waals surface area (Å²) >= 11 is 0. The van der Waals surface area contributed by atoms with E-state index in [0.29, 0.717) is 24.3 Å². The Labute approximate surface area is 119 Å². The average Bonchev–Trinajstić information content (AvgIpc) is 2.97. The molecule has 0 spiro atoms. The number of nitriles is 1. The summed E-state index contributed by atoms with van der Waals surface area (Å²) in [4.78, 5) is 2.50. The van der Waals surface area contributed by atoms with Gasteiger partial charge in [0.05, 0.1) is 24.3 Å². The van der Waals surface area contributed by atoms with Gasteiger partial charge in [0.25, 0.3) is 0 Å². The first kappa shape index (κ1) is 13.4. The van der Waals surface area contributed by atoms with Crippen molar-refractivity contribution in [1.29, 1.82) is 5.26 Å². The van der Waals surface area contributed by atoms with E-state index in [1.54, 1.807) is 12.1 Å². The minimum absolute atomic E-state index is 0.436. The monoisotopic (exact) mass is 272 g/mol. The molecule has 2 aliphatic rings. The molecule has 2 atom stereocenters. The van der Waals surface area contributed by atoms with E-state index in [1.165, 1.54) is 19.3 Å². The number of morpholine rings is 1. The summed E-state index contributed by atoms with van der Waals surface area (Å²) in [6, 6.07) is 10.0. The van der Waals surface area contributed by atoms with Gasteiger partial charge in [-0.1, -0.05) is 6.07 Å². The molecular weight excluding hydrogens is 252 g/mol. The fourth-order valence-corrected chi connectivity index (χ4v) is 3.22. The largest absolute Gasteiger partial charge is 0.492 e. The summed E-state index contributed by atoms with van der Waals surface area (Å²) in [6.07, 6.45) is 4.16. The number of benzene rings is 1. The van der Waals surface area contributed by atoms with Crippen LogP contribution in [0.25, 0.3) is 0 Å². The predicted molar refractivity (Wildman–Crippen MR) is 75.6 cm³/mol. The van der Waals surface area contributed by atoms with Gasteiger partial charge in [-0.3, -0.25) is 4.90 Å². The van der Waals surface area contributed by atoms with Crippen molar-refractivity contribution in [3.05, 3.63) is 29.8 Å². The van der Waals surface area contributed by atoms with Crippen LogP contribution >= 0.6 is 0 Å². The van der Waals surface area contributed by atoms with Gasteiger partial charge in [0.15, 0.2) is 0 Å². The third kappa shape index (κ3) is 2.95. The van der Waals surface area contributed by atoms with E-state index >= 15 is 0 Å². The predicted octanol–water partition coefficient (Wildman–Crippen LogP) is 2.19. The normalized spacial score (nSPS) is 25.9. The van der Waals surface area contributed by atoms with Crippen molar-refractivity contribution >= 4 is 0 Å². The maximum Gasteiger partial charge on any atom is 0.120 e. The van der Waals surface area contributed by atoms with Crippen LogP contribution in [0.5, 0.6) is 5.75 Å². The molecule has 1 aliphatic carbocycles. The SMILES string of the molecule is N#Cc1cccc(OCCN2CCOC3CCCC32)c1. The minimum atomic E-state index is 0.436. The number of hydrogen-bond acceptors (Lipinski definition) is 4. The third-order valence-corrected chi connectivity index (χ3v) is 4.21. The highest BCUT2D eigenvalue weighted by atomic mass is 16.5. The molecule has 20 heavy (non-hydrogen) atoms. The van der Waals surface area contributed by atoms with Gasteiger partial charge in [0, 0.05) is 19.1 Å². The molecule has 0 radical (unpaired) electrons. The van der Waals surface area contributed by atoms with E-state index in [0.717, 1.165) is 25.4 Å². The van der Waals surface area contributed by atoms with Crippen LogP contribution in [-0.2, 0) is 4.74 Å². The summed E-state index contributed by atoms with van der Waals surface area (Å²) in [5.41, 5.74) is 0.643. The summed E-state index contributed by atoms with van der Waals surface area (Å²) < 4.78 is 11.6. The smallest absolute Gasteiger partial charge is 0.120 e. The number of ether oxygens (including phenoxy) is 2. The number of rotatable bonds is 4. The first-order valence-electron chi connectivity index (χ1n) is 7.35.